The van der Waals surface area contributed by atoms with Gasteiger partial charge < -0.3 is 5.73 Å². The van der Waals surface area contributed by atoms with E-state index in [-0.39, 0.29) is 5.41 Å². The van der Waals surface area contributed by atoms with Crippen LogP contribution in [0.5, 0.6) is 0 Å². The summed E-state index contributed by atoms with van der Waals surface area (Å²) in [6, 6.07) is 8.00. The van der Waals surface area contributed by atoms with E-state index in [2.05, 4.69) is 19.9 Å². The molecule has 1 aromatic carbocycles. The number of rotatable bonds is 4. The number of halogens is 1. The van der Waals surface area contributed by atoms with Gasteiger partial charge in [-0.15, -0.1) is 0 Å². The molecule has 0 aromatic heterocycles. The Labute approximate surface area is 91.3 Å². The molecule has 2 N–H and O–H groups in total. The molecule has 0 aliphatic carbocycles. The molecule has 0 aliphatic rings. The van der Waals surface area contributed by atoms with Crippen molar-refractivity contribution in [3.8, 4) is 0 Å². The van der Waals surface area contributed by atoms with Crippen LogP contribution in [0, 0.1) is 0 Å². The molecule has 0 atom stereocenters. The zero-order valence-electron chi connectivity index (χ0n) is 8.89. The van der Waals surface area contributed by atoms with Crippen molar-refractivity contribution < 1.29 is 0 Å². The average Bonchev–Trinajstić information content (AvgIpc) is 2.24. The van der Waals surface area contributed by atoms with Crippen LogP contribution in [0.1, 0.15) is 32.3 Å². The minimum absolute atomic E-state index is 0.0539. The summed E-state index contributed by atoms with van der Waals surface area (Å²) in [6.45, 7) is 4.99. The molecule has 0 amide bonds. The molecule has 0 fully saturated rings. The molecular weight excluding hydrogens is 194 g/mol. The fraction of sp³-hybridized carbons (Fsp3) is 0.500. The maximum Gasteiger partial charge on any atom is 0.0444 e. The molecule has 0 aliphatic heterocycles. The summed E-state index contributed by atoms with van der Waals surface area (Å²) < 4.78 is 0. The lowest BCUT2D eigenvalue weighted by Gasteiger charge is -2.31. The van der Waals surface area contributed by atoms with Crippen LogP contribution in [-0.2, 0) is 5.41 Å². The third-order valence-corrected chi connectivity index (χ3v) is 3.52. The summed E-state index contributed by atoms with van der Waals surface area (Å²) in [5, 5.41) is 0.835. The lowest BCUT2D eigenvalue weighted by molar-refractivity contribution is 0.407. The normalized spacial score (nSPS) is 11.7. The zero-order valence-corrected chi connectivity index (χ0v) is 9.64. The summed E-state index contributed by atoms with van der Waals surface area (Å²) in [5.74, 6) is 0. The highest BCUT2D eigenvalue weighted by atomic mass is 35.5. The third-order valence-electron chi connectivity index (χ3n) is 3.19. The van der Waals surface area contributed by atoms with Gasteiger partial charge in [0, 0.05) is 17.0 Å². The van der Waals surface area contributed by atoms with Crippen LogP contribution in [0.3, 0.4) is 0 Å². The van der Waals surface area contributed by atoms with E-state index in [0.29, 0.717) is 6.54 Å². The summed E-state index contributed by atoms with van der Waals surface area (Å²) in [4.78, 5) is 0. The number of hydrogen-bond donors (Lipinski definition) is 1. The van der Waals surface area contributed by atoms with E-state index >= 15 is 0 Å². The third kappa shape index (κ3) is 1.94. The first-order chi connectivity index (χ1) is 6.70. The SMILES string of the molecule is CCC(CC)(CN)c1ccccc1Cl. The molecule has 0 radical (unpaired) electrons. The van der Waals surface area contributed by atoms with Crippen molar-refractivity contribution >= 4 is 11.6 Å². The summed E-state index contributed by atoms with van der Waals surface area (Å²) in [6.07, 6.45) is 2.06. The Hall–Kier alpha value is -0.530. The number of benzene rings is 1. The predicted molar refractivity (Wildman–Crippen MR) is 62.8 cm³/mol. The van der Waals surface area contributed by atoms with Gasteiger partial charge in [-0.25, -0.2) is 0 Å². The Morgan fingerprint density at radius 2 is 1.79 bits per heavy atom. The first-order valence-electron chi connectivity index (χ1n) is 5.15. The van der Waals surface area contributed by atoms with Gasteiger partial charge >= 0.3 is 0 Å². The van der Waals surface area contributed by atoms with Crippen LogP contribution in [0.4, 0.5) is 0 Å². The Bertz CT molecular complexity index is 284. The van der Waals surface area contributed by atoms with Crippen LogP contribution >= 0.6 is 11.6 Å². The van der Waals surface area contributed by atoms with Gasteiger partial charge in [0.25, 0.3) is 0 Å². The first-order valence-corrected chi connectivity index (χ1v) is 5.53. The van der Waals surface area contributed by atoms with Gasteiger partial charge in [0.15, 0.2) is 0 Å². The summed E-state index contributed by atoms with van der Waals surface area (Å²) >= 11 is 6.19. The highest BCUT2D eigenvalue weighted by Crippen LogP contribution is 2.34. The van der Waals surface area contributed by atoms with Crippen molar-refractivity contribution in [3.05, 3.63) is 34.9 Å². The van der Waals surface area contributed by atoms with Crippen LogP contribution in [0.2, 0.25) is 5.02 Å². The van der Waals surface area contributed by atoms with Crippen LogP contribution in [0.25, 0.3) is 0 Å². The molecule has 1 nitrogen and oxygen atoms in total. The summed E-state index contributed by atoms with van der Waals surface area (Å²) in [7, 11) is 0. The number of hydrogen-bond acceptors (Lipinski definition) is 1. The molecule has 0 heterocycles. The van der Waals surface area contributed by atoms with E-state index in [0.717, 1.165) is 17.9 Å². The van der Waals surface area contributed by atoms with E-state index in [1.165, 1.54) is 5.56 Å². The van der Waals surface area contributed by atoms with E-state index in [4.69, 9.17) is 17.3 Å². The monoisotopic (exact) mass is 211 g/mol. The Morgan fingerprint density at radius 3 is 2.21 bits per heavy atom. The van der Waals surface area contributed by atoms with Crippen molar-refractivity contribution in [2.24, 2.45) is 5.73 Å². The maximum atomic E-state index is 6.19. The van der Waals surface area contributed by atoms with Gasteiger partial charge in [-0.1, -0.05) is 43.6 Å². The zero-order chi connectivity index (χ0) is 10.6. The Morgan fingerprint density at radius 1 is 1.21 bits per heavy atom. The maximum absolute atomic E-state index is 6.19. The van der Waals surface area contributed by atoms with Gasteiger partial charge in [-0.05, 0) is 24.5 Å². The van der Waals surface area contributed by atoms with Crippen LogP contribution < -0.4 is 5.73 Å². The van der Waals surface area contributed by atoms with Crippen molar-refractivity contribution in [1.29, 1.82) is 0 Å². The second kappa shape index (κ2) is 4.81. The second-order valence-electron chi connectivity index (χ2n) is 3.67. The predicted octanol–water partition coefficient (Wildman–Crippen LogP) is 3.36. The minimum Gasteiger partial charge on any atom is -0.330 e. The number of nitrogens with two attached hydrogens (primary N) is 1. The molecule has 2 heteroatoms. The second-order valence-corrected chi connectivity index (χ2v) is 4.08. The smallest absolute Gasteiger partial charge is 0.0444 e. The van der Waals surface area contributed by atoms with Crippen molar-refractivity contribution in [3.63, 3.8) is 0 Å². The average molecular weight is 212 g/mol. The minimum atomic E-state index is 0.0539. The Kier molecular flexibility index (Phi) is 3.97. The molecule has 1 rings (SSSR count). The molecule has 78 valence electrons. The van der Waals surface area contributed by atoms with Gasteiger partial charge in [-0.2, -0.15) is 0 Å². The highest BCUT2D eigenvalue weighted by Gasteiger charge is 2.28. The summed E-state index contributed by atoms with van der Waals surface area (Å²) in [5.41, 5.74) is 7.11. The molecular formula is C12H18ClN. The highest BCUT2D eigenvalue weighted by molar-refractivity contribution is 6.31. The first kappa shape index (κ1) is 11.5. The standard InChI is InChI=1S/C12H18ClN/c1-3-12(4-2,9-14)10-7-5-6-8-11(10)13/h5-8H,3-4,9,14H2,1-2H3. The molecule has 0 saturated carbocycles. The molecule has 0 bridgehead atoms. The molecule has 0 spiro atoms. The van der Waals surface area contributed by atoms with E-state index in [9.17, 15) is 0 Å². The van der Waals surface area contributed by atoms with Gasteiger partial charge in [0.05, 0.1) is 0 Å². The molecule has 1 aromatic rings. The van der Waals surface area contributed by atoms with E-state index in [1.54, 1.807) is 0 Å². The Balaban J connectivity index is 3.17. The van der Waals surface area contributed by atoms with Gasteiger partial charge in [0.1, 0.15) is 0 Å². The van der Waals surface area contributed by atoms with Crippen molar-refractivity contribution in [1.82, 2.24) is 0 Å². The topological polar surface area (TPSA) is 26.0 Å². The van der Waals surface area contributed by atoms with Crippen molar-refractivity contribution in [2.45, 2.75) is 32.1 Å². The lowest BCUT2D eigenvalue weighted by atomic mass is 9.76. The lowest BCUT2D eigenvalue weighted by Crippen LogP contribution is -2.34. The fourth-order valence-corrected chi connectivity index (χ4v) is 2.26. The molecule has 14 heavy (non-hydrogen) atoms. The van der Waals surface area contributed by atoms with E-state index < -0.39 is 0 Å². The van der Waals surface area contributed by atoms with E-state index in [1.807, 2.05) is 18.2 Å². The van der Waals surface area contributed by atoms with Crippen molar-refractivity contribution in [2.75, 3.05) is 6.54 Å². The molecule has 0 saturated heterocycles. The van der Waals surface area contributed by atoms with Crippen LogP contribution in [-0.4, -0.2) is 6.54 Å². The molecule has 0 unspecified atom stereocenters. The van der Waals surface area contributed by atoms with Gasteiger partial charge in [0.2, 0.25) is 0 Å². The largest absolute Gasteiger partial charge is 0.330 e. The van der Waals surface area contributed by atoms with Crippen LogP contribution in [0.15, 0.2) is 24.3 Å². The quantitative estimate of drug-likeness (QED) is 0.812. The van der Waals surface area contributed by atoms with Gasteiger partial charge in [-0.3, -0.25) is 0 Å². The fourth-order valence-electron chi connectivity index (χ4n) is 1.92.